The van der Waals surface area contributed by atoms with Crippen molar-refractivity contribution in [1.82, 2.24) is 4.90 Å². The van der Waals surface area contributed by atoms with Crippen molar-refractivity contribution in [2.24, 2.45) is 5.92 Å². The van der Waals surface area contributed by atoms with E-state index in [1.165, 1.54) is 0 Å². The van der Waals surface area contributed by atoms with Gasteiger partial charge in [0.05, 0.1) is 0 Å². The second-order valence-corrected chi connectivity index (χ2v) is 5.30. The Kier molecular flexibility index (Phi) is 4.34. The molecule has 1 aliphatic heterocycles. The fourth-order valence-electron chi connectivity index (χ4n) is 2.06. The molecule has 1 N–H and O–H groups in total. The third-order valence-corrected chi connectivity index (χ3v) is 3.86. The minimum atomic E-state index is 0.0524. The van der Waals surface area contributed by atoms with Crippen LogP contribution in [-0.4, -0.2) is 35.6 Å². The first-order valence-corrected chi connectivity index (χ1v) is 6.79. The summed E-state index contributed by atoms with van der Waals surface area (Å²) in [5, 5.41) is 11.1. The van der Waals surface area contributed by atoms with Crippen molar-refractivity contribution >= 4 is 23.3 Å². The van der Waals surface area contributed by atoms with Gasteiger partial charge in [-0.3, -0.25) is 4.79 Å². The van der Waals surface area contributed by atoms with Gasteiger partial charge in [0, 0.05) is 30.6 Å². The number of rotatable bonds is 3. The second-order valence-electron chi connectivity index (χ2n) is 4.32. The zero-order valence-electron chi connectivity index (χ0n) is 9.71. The maximum absolute atomic E-state index is 11.9. The van der Waals surface area contributed by atoms with Crippen LogP contribution >= 0.6 is 11.3 Å². The topological polar surface area (TPSA) is 40.5 Å². The van der Waals surface area contributed by atoms with E-state index in [1.807, 2.05) is 28.5 Å². The van der Waals surface area contributed by atoms with Crippen LogP contribution in [0.5, 0.6) is 0 Å². The molecule has 4 heteroatoms. The average Bonchev–Trinajstić information content (AvgIpc) is 2.89. The lowest BCUT2D eigenvalue weighted by atomic mass is 9.99. The number of carbonyl (C=O) groups is 1. The molecule has 1 fully saturated rings. The van der Waals surface area contributed by atoms with Gasteiger partial charge < -0.3 is 10.0 Å². The van der Waals surface area contributed by atoms with Crippen LogP contribution in [0.4, 0.5) is 0 Å². The van der Waals surface area contributed by atoms with Crippen molar-refractivity contribution in [2.45, 2.75) is 12.8 Å². The standard InChI is InChI=1S/C13H17NO2S/c15-10-11-3-1-7-14(9-11)13(16)6-5-12-4-2-8-17-12/h2,4-6,8,11,15H,1,3,7,9-10H2/b6-5+/t11-/m1/s1. The molecule has 0 aliphatic carbocycles. The molecule has 1 amide bonds. The summed E-state index contributed by atoms with van der Waals surface area (Å²) in [4.78, 5) is 14.8. The van der Waals surface area contributed by atoms with Crippen LogP contribution in [0, 0.1) is 5.92 Å². The van der Waals surface area contributed by atoms with Crippen LogP contribution in [0.3, 0.4) is 0 Å². The molecule has 92 valence electrons. The van der Waals surface area contributed by atoms with Gasteiger partial charge in [-0.1, -0.05) is 6.07 Å². The zero-order chi connectivity index (χ0) is 12.1. The van der Waals surface area contributed by atoms with Crippen molar-refractivity contribution in [2.75, 3.05) is 19.7 Å². The lowest BCUT2D eigenvalue weighted by molar-refractivity contribution is -0.127. The van der Waals surface area contributed by atoms with Crippen molar-refractivity contribution < 1.29 is 9.90 Å². The zero-order valence-corrected chi connectivity index (χ0v) is 10.5. The Balaban J connectivity index is 1.91. The van der Waals surface area contributed by atoms with E-state index in [0.29, 0.717) is 6.54 Å². The molecule has 0 saturated carbocycles. The summed E-state index contributed by atoms with van der Waals surface area (Å²) in [6.07, 6.45) is 5.50. The van der Waals surface area contributed by atoms with Crippen molar-refractivity contribution in [3.63, 3.8) is 0 Å². The Morgan fingerprint density at radius 3 is 3.24 bits per heavy atom. The highest BCUT2D eigenvalue weighted by Gasteiger charge is 2.21. The predicted octanol–water partition coefficient (Wildman–Crippen LogP) is 1.99. The molecule has 3 nitrogen and oxygen atoms in total. The van der Waals surface area contributed by atoms with Crippen molar-refractivity contribution in [3.8, 4) is 0 Å². The largest absolute Gasteiger partial charge is 0.396 e. The van der Waals surface area contributed by atoms with Gasteiger partial charge in [0.15, 0.2) is 0 Å². The number of piperidine rings is 1. The summed E-state index contributed by atoms with van der Waals surface area (Å²) >= 11 is 1.62. The van der Waals surface area contributed by atoms with Crippen molar-refractivity contribution in [3.05, 3.63) is 28.5 Å². The highest BCUT2D eigenvalue weighted by atomic mass is 32.1. The molecular weight excluding hydrogens is 234 g/mol. The van der Waals surface area contributed by atoms with Gasteiger partial charge in [0.2, 0.25) is 5.91 Å². The SMILES string of the molecule is O=C(/C=C/c1cccs1)N1CCC[C@@H](CO)C1. The van der Waals surface area contributed by atoms with E-state index in [1.54, 1.807) is 17.4 Å². The van der Waals surface area contributed by atoms with Gasteiger partial charge in [0.25, 0.3) is 0 Å². The van der Waals surface area contributed by atoms with Crippen LogP contribution < -0.4 is 0 Å². The van der Waals surface area contributed by atoms with E-state index in [9.17, 15) is 4.79 Å². The summed E-state index contributed by atoms with van der Waals surface area (Å²) < 4.78 is 0. The molecule has 1 saturated heterocycles. The highest BCUT2D eigenvalue weighted by Crippen LogP contribution is 2.16. The number of thiophene rings is 1. The maximum atomic E-state index is 11.9. The molecule has 1 aromatic rings. The van der Waals surface area contributed by atoms with Gasteiger partial charge in [-0.2, -0.15) is 0 Å². The van der Waals surface area contributed by atoms with E-state index in [-0.39, 0.29) is 18.4 Å². The summed E-state index contributed by atoms with van der Waals surface area (Å²) in [5.74, 6) is 0.305. The van der Waals surface area contributed by atoms with E-state index in [2.05, 4.69) is 0 Å². The van der Waals surface area contributed by atoms with Gasteiger partial charge in [0.1, 0.15) is 0 Å². The quantitative estimate of drug-likeness (QED) is 0.835. The van der Waals surface area contributed by atoms with Crippen LogP contribution in [-0.2, 0) is 4.79 Å². The van der Waals surface area contributed by atoms with Gasteiger partial charge in [-0.05, 0) is 36.3 Å². The summed E-state index contributed by atoms with van der Waals surface area (Å²) in [6.45, 7) is 1.67. The van der Waals surface area contributed by atoms with Crippen LogP contribution in [0.1, 0.15) is 17.7 Å². The minimum absolute atomic E-state index is 0.0524. The normalized spacial score (nSPS) is 21.0. The van der Waals surface area contributed by atoms with Crippen molar-refractivity contribution in [1.29, 1.82) is 0 Å². The smallest absolute Gasteiger partial charge is 0.246 e. The number of likely N-dealkylation sites (tertiary alicyclic amines) is 1. The molecule has 2 rings (SSSR count). The first kappa shape index (κ1) is 12.3. The lowest BCUT2D eigenvalue weighted by Gasteiger charge is -2.31. The Morgan fingerprint density at radius 2 is 2.53 bits per heavy atom. The predicted molar refractivity (Wildman–Crippen MR) is 69.7 cm³/mol. The molecule has 2 heterocycles. The fraction of sp³-hybridized carbons (Fsp3) is 0.462. The Hall–Kier alpha value is -1.13. The number of aliphatic hydroxyl groups excluding tert-OH is 1. The molecule has 0 radical (unpaired) electrons. The average molecular weight is 251 g/mol. The van der Waals surface area contributed by atoms with E-state index < -0.39 is 0 Å². The fourth-order valence-corrected chi connectivity index (χ4v) is 2.68. The molecule has 0 unspecified atom stereocenters. The van der Waals surface area contributed by atoms with Crippen LogP contribution in [0.25, 0.3) is 6.08 Å². The molecule has 1 aliphatic rings. The molecule has 1 atom stereocenters. The summed E-state index contributed by atoms with van der Waals surface area (Å²) in [7, 11) is 0. The molecule has 0 aromatic carbocycles. The number of nitrogens with zero attached hydrogens (tertiary/aromatic N) is 1. The summed E-state index contributed by atoms with van der Waals surface area (Å²) in [5.41, 5.74) is 0. The summed E-state index contributed by atoms with van der Waals surface area (Å²) in [6, 6.07) is 3.96. The van der Waals surface area contributed by atoms with E-state index in [4.69, 9.17) is 5.11 Å². The monoisotopic (exact) mass is 251 g/mol. The van der Waals surface area contributed by atoms with E-state index >= 15 is 0 Å². The highest BCUT2D eigenvalue weighted by molar-refractivity contribution is 7.10. The van der Waals surface area contributed by atoms with Gasteiger partial charge in [-0.25, -0.2) is 0 Å². The van der Waals surface area contributed by atoms with Crippen LogP contribution in [0.2, 0.25) is 0 Å². The minimum Gasteiger partial charge on any atom is -0.396 e. The first-order chi connectivity index (χ1) is 8.29. The van der Waals surface area contributed by atoms with Gasteiger partial charge in [-0.15, -0.1) is 11.3 Å². The Bertz CT molecular complexity index is 386. The molecule has 0 spiro atoms. The molecule has 17 heavy (non-hydrogen) atoms. The Labute approximate surface area is 105 Å². The molecule has 1 aromatic heterocycles. The first-order valence-electron chi connectivity index (χ1n) is 5.91. The third kappa shape index (κ3) is 3.41. The second kappa shape index (κ2) is 5.98. The van der Waals surface area contributed by atoms with Crippen LogP contribution in [0.15, 0.2) is 23.6 Å². The number of aliphatic hydroxyl groups is 1. The number of carbonyl (C=O) groups excluding carboxylic acids is 1. The Morgan fingerprint density at radius 1 is 1.65 bits per heavy atom. The lowest BCUT2D eigenvalue weighted by Crippen LogP contribution is -2.40. The third-order valence-electron chi connectivity index (χ3n) is 3.02. The van der Waals surface area contributed by atoms with Gasteiger partial charge >= 0.3 is 0 Å². The van der Waals surface area contributed by atoms with E-state index in [0.717, 1.165) is 24.3 Å². The number of hydrogen-bond donors (Lipinski definition) is 1. The number of hydrogen-bond acceptors (Lipinski definition) is 3. The molecular formula is C13H17NO2S. The number of amides is 1. The maximum Gasteiger partial charge on any atom is 0.246 e. The molecule has 0 bridgehead atoms.